The van der Waals surface area contributed by atoms with E-state index in [-0.39, 0.29) is 12.5 Å². The van der Waals surface area contributed by atoms with Crippen LogP contribution in [-0.2, 0) is 4.79 Å². The largest absolute Gasteiger partial charge is 0.477 e. The lowest BCUT2D eigenvalue weighted by atomic mass is 9.97. The molecule has 0 aromatic heterocycles. The average molecular weight is 278 g/mol. The monoisotopic (exact) mass is 278 g/mol. The first-order valence-corrected chi connectivity index (χ1v) is 7.07. The van der Waals surface area contributed by atoms with Gasteiger partial charge < -0.3 is 20.5 Å². The Hall–Kier alpha value is -1.75. The Balaban J connectivity index is 1.92. The van der Waals surface area contributed by atoms with E-state index in [0.29, 0.717) is 25.1 Å². The maximum Gasteiger partial charge on any atom is 0.263 e. The molecule has 2 rings (SSSR count). The number of carbonyl (C=O) groups is 1. The van der Waals surface area contributed by atoms with E-state index < -0.39 is 11.7 Å². The Morgan fingerprint density at radius 1 is 1.45 bits per heavy atom. The highest BCUT2D eigenvalue weighted by Gasteiger charge is 2.28. The van der Waals surface area contributed by atoms with Crippen LogP contribution in [0, 0.1) is 0 Å². The van der Waals surface area contributed by atoms with Gasteiger partial charge in [-0.25, -0.2) is 0 Å². The molecule has 1 atom stereocenters. The summed E-state index contributed by atoms with van der Waals surface area (Å²) in [7, 11) is 0. The van der Waals surface area contributed by atoms with Crippen molar-refractivity contribution in [1.29, 1.82) is 0 Å². The quantitative estimate of drug-likeness (QED) is 0.764. The molecule has 0 saturated carbocycles. The van der Waals surface area contributed by atoms with E-state index in [1.54, 1.807) is 0 Å². The highest BCUT2D eigenvalue weighted by molar-refractivity contribution is 5.83. The van der Waals surface area contributed by atoms with Crippen molar-refractivity contribution in [1.82, 2.24) is 5.32 Å². The first kappa shape index (κ1) is 14.7. The molecular weight excluding hydrogens is 256 g/mol. The topological polar surface area (TPSA) is 70.6 Å². The van der Waals surface area contributed by atoms with E-state index in [4.69, 9.17) is 4.74 Å². The smallest absolute Gasteiger partial charge is 0.263 e. The Labute approximate surface area is 119 Å². The van der Waals surface area contributed by atoms with Gasteiger partial charge in [-0.3, -0.25) is 4.79 Å². The van der Waals surface area contributed by atoms with Crippen molar-refractivity contribution < 1.29 is 14.6 Å². The minimum atomic E-state index is -0.838. The zero-order valence-electron chi connectivity index (χ0n) is 12.0. The minimum Gasteiger partial charge on any atom is -0.477 e. The zero-order chi connectivity index (χ0) is 14.6. The Bertz CT molecular complexity index is 472. The molecule has 1 aliphatic rings. The maximum absolute atomic E-state index is 12.1. The van der Waals surface area contributed by atoms with Gasteiger partial charge >= 0.3 is 0 Å². The third-order valence-electron chi connectivity index (χ3n) is 3.83. The van der Waals surface area contributed by atoms with Crippen molar-refractivity contribution in [3.05, 3.63) is 24.3 Å². The summed E-state index contributed by atoms with van der Waals surface area (Å²) in [6, 6.07) is 7.53. The number of carbonyl (C=O) groups excluding carboxylic acids is 1. The van der Waals surface area contributed by atoms with Crippen LogP contribution in [0.4, 0.5) is 5.69 Å². The van der Waals surface area contributed by atoms with Gasteiger partial charge in [0.25, 0.3) is 5.91 Å². The van der Waals surface area contributed by atoms with E-state index in [1.165, 1.54) is 0 Å². The number of rotatable bonds is 5. The molecule has 20 heavy (non-hydrogen) atoms. The number of hydrogen-bond acceptors (Lipinski definition) is 4. The summed E-state index contributed by atoms with van der Waals surface area (Å²) < 4.78 is 5.67. The molecule has 0 radical (unpaired) electrons. The Morgan fingerprint density at radius 2 is 2.15 bits per heavy atom. The van der Waals surface area contributed by atoms with Crippen LogP contribution in [0.1, 0.15) is 26.7 Å². The van der Waals surface area contributed by atoms with Gasteiger partial charge in [0, 0.05) is 6.54 Å². The molecule has 0 aliphatic carbocycles. The fraction of sp³-hybridized carbons (Fsp3) is 0.533. The average Bonchev–Trinajstić information content (AvgIpc) is 2.51. The van der Waals surface area contributed by atoms with Crippen molar-refractivity contribution in [2.75, 3.05) is 18.4 Å². The van der Waals surface area contributed by atoms with Crippen molar-refractivity contribution in [2.24, 2.45) is 0 Å². The van der Waals surface area contributed by atoms with Crippen LogP contribution in [0.15, 0.2) is 24.3 Å². The lowest BCUT2D eigenvalue weighted by Gasteiger charge is -2.29. The maximum atomic E-state index is 12.1. The molecule has 1 aliphatic heterocycles. The molecule has 110 valence electrons. The first-order chi connectivity index (χ1) is 9.58. The van der Waals surface area contributed by atoms with Crippen LogP contribution >= 0.6 is 0 Å². The highest BCUT2D eigenvalue weighted by Crippen LogP contribution is 2.28. The summed E-state index contributed by atoms with van der Waals surface area (Å²) >= 11 is 0. The van der Waals surface area contributed by atoms with Gasteiger partial charge in [0.2, 0.25) is 0 Å². The van der Waals surface area contributed by atoms with E-state index >= 15 is 0 Å². The third kappa shape index (κ3) is 3.22. The molecule has 0 bridgehead atoms. The number of nitrogens with one attached hydrogen (secondary N) is 2. The molecule has 1 heterocycles. The van der Waals surface area contributed by atoms with Gasteiger partial charge in [-0.15, -0.1) is 0 Å². The summed E-state index contributed by atoms with van der Waals surface area (Å²) in [4.78, 5) is 12.1. The Kier molecular flexibility index (Phi) is 4.49. The lowest BCUT2D eigenvalue weighted by molar-refractivity contribution is -0.129. The summed E-state index contributed by atoms with van der Waals surface area (Å²) in [5, 5.41) is 16.1. The van der Waals surface area contributed by atoms with Crippen LogP contribution in [-0.4, -0.2) is 35.8 Å². The molecule has 0 fully saturated rings. The Morgan fingerprint density at radius 3 is 2.85 bits per heavy atom. The number of benzene rings is 1. The molecule has 1 aromatic carbocycles. The van der Waals surface area contributed by atoms with Crippen LogP contribution in [0.3, 0.4) is 0 Å². The van der Waals surface area contributed by atoms with Crippen molar-refractivity contribution in [3.8, 4) is 5.75 Å². The second kappa shape index (κ2) is 6.13. The summed E-state index contributed by atoms with van der Waals surface area (Å²) in [6.45, 7) is 4.50. The summed E-state index contributed by atoms with van der Waals surface area (Å²) in [6.07, 6.45) is 0.648. The second-order valence-electron chi connectivity index (χ2n) is 5.13. The molecule has 5 heteroatoms. The molecule has 5 nitrogen and oxygen atoms in total. The van der Waals surface area contributed by atoms with Gasteiger partial charge in [-0.05, 0) is 25.0 Å². The summed E-state index contributed by atoms with van der Waals surface area (Å²) in [5.41, 5.74) is 0.0607. The SMILES string of the molecule is CCC(O)(CC)CNC(=O)C1CNc2ccccc2O1. The van der Waals surface area contributed by atoms with Crippen molar-refractivity contribution >= 4 is 11.6 Å². The minimum absolute atomic E-state index is 0.202. The van der Waals surface area contributed by atoms with E-state index in [2.05, 4.69) is 10.6 Å². The van der Waals surface area contributed by atoms with Crippen LogP contribution in [0.2, 0.25) is 0 Å². The standard InChI is InChI=1S/C15H22N2O3/c1-3-15(19,4-2)10-17-14(18)13-9-16-11-7-5-6-8-12(11)20-13/h5-8,13,16,19H,3-4,9-10H2,1-2H3,(H,17,18). The summed E-state index contributed by atoms with van der Waals surface area (Å²) in [5.74, 6) is 0.479. The molecule has 1 amide bonds. The first-order valence-electron chi connectivity index (χ1n) is 7.07. The van der Waals surface area contributed by atoms with Gasteiger partial charge in [-0.1, -0.05) is 26.0 Å². The molecule has 0 saturated heterocycles. The van der Waals surface area contributed by atoms with Gasteiger partial charge in [0.1, 0.15) is 5.75 Å². The van der Waals surface area contributed by atoms with Gasteiger partial charge in [0.15, 0.2) is 6.10 Å². The van der Waals surface area contributed by atoms with E-state index in [9.17, 15) is 9.90 Å². The zero-order valence-corrected chi connectivity index (χ0v) is 12.0. The van der Waals surface area contributed by atoms with Crippen molar-refractivity contribution in [3.63, 3.8) is 0 Å². The van der Waals surface area contributed by atoms with Gasteiger partial charge in [-0.2, -0.15) is 0 Å². The number of aliphatic hydroxyl groups is 1. The predicted octanol–water partition coefficient (Wildman–Crippen LogP) is 1.53. The van der Waals surface area contributed by atoms with Crippen LogP contribution < -0.4 is 15.4 Å². The van der Waals surface area contributed by atoms with E-state index in [1.807, 2.05) is 38.1 Å². The van der Waals surface area contributed by atoms with Crippen LogP contribution in [0.25, 0.3) is 0 Å². The van der Waals surface area contributed by atoms with Crippen molar-refractivity contribution in [2.45, 2.75) is 38.4 Å². The fourth-order valence-electron chi connectivity index (χ4n) is 2.12. The number of para-hydroxylation sites is 2. The molecule has 3 N–H and O–H groups in total. The second-order valence-corrected chi connectivity index (χ2v) is 5.13. The lowest BCUT2D eigenvalue weighted by Crippen LogP contribution is -2.49. The molecule has 1 unspecified atom stereocenters. The number of amides is 1. The number of hydrogen-bond donors (Lipinski definition) is 3. The number of fused-ring (bicyclic) bond motifs is 1. The number of anilines is 1. The predicted molar refractivity (Wildman–Crippen MR) is 77.9 cm³/mol. The molecular formula is C15H22N2O3. The van der Waals surface area contributed by atoms with Crippen LogP contribution in [0.5, 0.6) is 5.75 Å². The van der Waals surface area contributed by atoms with E-state index in [0.717, 1.165) is 5.69 Å². The fourth-order valence-corrected chi connectivity index (χ4v) is 2.12. The molecule has 1 aromatic rings. The normalized spacial score (nSPS) is 17.6. The number of ether oxygens (including phenoxy) is 1. The highest BCUT2D eigenvalue weighted by atomic mass is 16.5. The molecule has 0 spiro atoms. The van der Waals surface area contributed by atoms with Gasteiger partial charge in [0.05, 0.1) is 17.8 Å². The third-order valence-corrected chi connectivity index (χ3v) is 3.83.